The summed E-state index contributed by atoms with van der Waals surface area (Å²) in [5, 5.41) is 288. The number of unbranched alkanes of at least 4 members (excludes halogenated alkanes) is 11. The minimum atomic E-state index is -2.11. The van der Waals surface area contributed by atoms with Gasteiger partial charge in [0.25, 0.3) is 0 Å². The van der Waals surface area contributed by atoms with Crippen LogP contribution in [0.2, 0.25) is 0 Å². The van der Waals surface area contributed by atoms with Crippen molar-refractivity contribution in [1.82, 2.24) is 21.3 Å². The lowest BCUT2D eigenvalue weighted by Gasteiger charge is -2.49. The zero-order valence-electron chi connectivity index (χ0n) is 75.8. The van der Waals surface area contributed by atoms with Crippen LogP contribution in [0, 0.1) is 0 Å². The number of aliphatic hydroxyl groups is 26. The van der Waals surface area contributed by atoms with Gasteiger partial charge < -0.3 is 235 Å². The first-order chi connectivity index (χ1) is 63.6. The van der Waals surface area contributed by atoms with Crippen LogP contribution < -0.4 is 21.3 Å². The van der Waals surface area contributed by atoms with Crippen LogP contribution in [0.4, 0.5) is 4.79 Å². The van der Waals surface area contributed by atoms with Crippen molar-refractivity contribution in [1.29, 1.82) is 0 Å². The molecule has 8 saturated heterocycles. The maximum Gasteiger partial charge on any atom is 0.408 e. The SMILES string of the molecule is C=C[C@@H](O)[C@H](CO[C@@H]1OC(CO)[C@@H](O[C@@H]2OC(CO)[C@H](O[C@H]3OC(CO)[C@H](O)[C@H](O[C@@H]4OC(CO)[C@H](O)[C@H](O)C4NC(C)=O)C3O)[C@H](O)C2O)[C@H](O)C1O)NC(=O)OC(C)(C)C.CCCCCCCCCCCCC/C=C/[C@@H](O)[C@H](CO[C@@H]1OC(CO)[C@@H](O[C@@H]2OC(CO)[C@H](O[C@H]3OC(CO)[C@H](O)[C@H](O[C@@H]4OC(CO)[C@H](O)[C@H](O)C4NC(C)=O)C3O)[C@H](O)C2O)[C@H](O)C1O)NC(=O)CC. The van der Waals surface area contributed by atoms with E-state index in [2.05, 4.69) is 34.8 Å². The van der Waals surface area contributed by atoms with E-state index in [4.69, 9.17) is 80.5 Å². The minimum Gasteiger partial charge on any atom is -0.444 e. The van der Waals surface area contributed by atoms with Crippen molar-refractivity contribution in [2.45, 2.75) is 407 Å². The summed E-state index contributed by atoms with van der Waals surface area (Å²) in [7, 11) is 0. The van der Waals surface area contributed by atoms with Gasteiger partial charge in [-0.2, -0.15) is 0 Å². The molecule has 8 heterocycles. The predicted molar refractivity (Wildman–Crippen MR) is 446 cm³/mol. The molecule has 0 aromatic heterocycles. The zero-order valence-corrected chi connectivity index (χ0v) is 75.8. The number of aliphatic hydroxyl groups excluding tert-OH is 26. The van der Waals surface area contributed by atoms with Gasteiger partial charge in [0.1, 0.15) is 201 Å². The zero-order chi connectivity index (χ0) is 99.4. The fraction of sp³-hybridized carbons (Fsp3) is 0.904. The molecule has 30 N–H and O–H groups in total. The molecule has 8 rings (SSSR count). The molecular weight excluding hydrogens is 1800 g/mol. The Labute approximate surface area is 773 Å². The van der Waals surface area contributed by atoms with Crippen LogP contribution in [0.1, 0.15) is 132 Å². The second kappa shape index (κ2) is 56.4. The Morgan fingerprint density at radius 3 is 0.963 bits per heavy atom. The van der Waals surface area contributed by atoms with Gasteiger partial charge in [-0.1, -0.05) is 96.3 Å². The molecule has 16 unspecified atom stereocenters. The fourth-order valence-corrected chi connectivity index (χ4v) is 16.2. The van der Waals surface area contributed by atoms with Crippen LogP contribution >= 0.6 is 0 Å². The molecule has 134 heavy (non-hydrogen) atoms. The summed E-state index contributed by atoms with van der Waals surface area (Å²) in [5.74, 6) is -1.81. The summed E-state index contributed by atoms with van der Waals surface area (Å²) >= 11 is 0. The van der Waals surface area contributed by atoms with Crippen molar-refractivity contribution in [2.24, 2.45) is 0 Å². The quantitative estimate of drug-likeness (QED) is 0.0199. The van der Waals surface area contributed by atoms with E-state index in [1.165, 1.54) is 51.4 Å². The number of hydrogen-bond donors (Lipinski definition) is 30. The topological polar surface area (TPSA) is 799 Å². The van der Waals surface area contributed by atoms with Crippen molar-refractivity contribution in [2.75, 3.05) is 66.1 Å². The third-order valence-corrected chi connectivity index (χ3v) is 23.8. The Balaban J connectivity index is 0.000000370. The van der Waals surface area contributed by atoms with Gasteiger partial charge in [0, 0.05) is 20.3 Å². The lowest BCUT2D eigenvalue weighted by molar-refractivity contribution is -0.386. The number of hydrogen-bond acceptors (Lipinski definition) is 47. The Morgan fingerprint density at radius 1 is 0.351 bits per heavy atom. The third kappa shape index (κ3) is 31.7. The highest BCUT2D eigenvalue weighted by Gasteiger charge is 2.60. The Hall–Kier alpha value is -4.52. The van der Waals surface area contributed by atoms with Gasteiger partial charge in [0.15, 0.2) is 50.3 Å². The molecule has 51 heteroatoms. The normalized spacial score (nSPS) is 40.4. The second-order valence-electron chi connectivity index (χ2n) is 35.1. The molecule has 44 atom stereocenters. The minimum absolute atomic E-state index is 0.0949. The van der Waals surface area contributed by atoms with Gasteiger partial charge in [-0.05, 0) is 33.6 Å². The van der Waals surface area contributed by atoms with Crippen LogP contribution in [0.3, 0.4) is 0 Å². The maximum atomic E-state index is 12.4. The van der Waals surface area contributed by atoms with Crippen molar-refractivity contribution in [3.63, 3.8) is 0 Å². The first-order valence-corrected chi connectivity index (χ1v) is 45.2. The Bertz CT molecular complexity index is 3420. The van der Waals surface area contributed by atoms with Gasteiger partial charge in [-0.3, -0.25) is 14.4 Å². The number of carbonyl (C=O) groups is 4. The molecule has 0 saturated carbocycles. The molecule has 4 amide bonds. The van der Waals surface area contributed by atoms with E-state index in [0.29, 0.717) is 6.42 Å². The van der Waals surface area contributed by atoms with E-state index >= 15 is 0 Å². The van der Waals surface area contributed by atoms with Crippen LogP contribution in [-0.2, 0) is 94.9 Å². The number of amides is 4. The highest BCUT2D eigenvalue weighted by molar-refractivity contribution is 5.76. The van der Waals surface area contributed by atoms with E-state index in [0.717, 1.165) is 39.2 Å². The summed E-state index contributed by atoms with van der Waals surface area (Å²) in [6.07, 6.45) is -53.5. The van der Waals surface area contributed by atoms with E-state index in [1.807, 2.05) is 6.08 Å². The average Bonchev–Trinajstić information content (AvgIpc) is 0.773. The molecular formula is C83H146N4O47. The van der Waals surface area contributed by atoms with E-state index < -0.39 is 365 Å². The van der Waals surface area contributed by atoms with E-state index in [1.54, 1.807) is 33.8 Å². The summed E-state index contributed by atoms with van der Waals surface area (Å²) < 4.78 is 96.0. The first kappa shape index (κ1) is 116. The summed E-state index contributed by atoms with van der Waals surface area (Å²) in [6, 6.07) is -5.23. The highest BCUT2D eigenvalue weighted by Crippen LogP contribution is 2.39. The number of rotatable bonds is 47. The predicted octanol–water partition coefficient (Wildman–Crippen LogP) is -12.2. The summed E-state index contributed by atoms with van der Waals surface area (Å²) in [4.78, 5) is 48.7. The number of nitrogens with one attached hydrogen (secondary N) is 4. The van der Waals surface area contributed by atoms with Crippen molar-refractivity contribution < 1.29 is 232 Å². The average molecular weight is 1950 g/mol. The third-order valence-electron chi connectivity index (χ3n) is 23.8. The van der Waals surface area contributed by atoms with Crippen LogP contribution in [0.25, 0.3) is 0 Å². The molecule has 8 fully saturated rings. The lowest BCUT2D eigenvalue weighted by Crippen LogP contribution is -2.69. The van der Waals surface area contributed by atoms with Crippen molar-refractivity contribution in [3.8, 4) is 0 Å². The van der Waals surface area contributed by atoms with Crippen LogP contribution in [-0.4, -0.2) is 498 Å². The standard InChI is InChI=1S/C47H84N2O23.C36H62N2O24/c1-4-6-7-8-9-10-11-12-13-14-15-16-17-18-26(55)25(49-31(56)5-2)23-65-45-38(62)36(60)41(29(21-52)68-45)70-46-39(63)37(61)42(30(22-53)69-46)71-47-40(64)43(34(58)28(20-51)67-47)72-44-32(48-24(3)54)35(59)33(57)27(19-50)66-44;1-6-14(44)13(38-35(53)62-36(3,4)5)11-54-32-25(50)23(48)28(17(9-41)57-32)59-33-26(51)24(49)29(18(10-42)58-33)60-34-27(52)30(21(46)16(8-40)56-34)61-31-19(37-12(2)43)22(47)20(45)15(7-39)55-31/h17-18,25-30,32-47,50-53,55,57-64H,4-16,19-23H2,1-3H3,(H,48,54)(H,49,56);6,13-34,39-42,44-52H,1,7-11H2,2-5H3,(H,37,43)(H,38,53)/b18-17+;/t25-,26+,27?,28?,29?,30?,32?,33-,34-,35+,36+,37+,38?,39?,40?,41+,42-,43-,44-,45+,46-,47+;13-,14+,15?,16?,17?,18?,19?,20-,21-,22+,23+,24+,25?,26?,27?,28+,29-,30-,31-,32+,33-,34+/m00/s1. The van der Waals surface area contributed by atoms with Crippen molar-refractivity contribution >= 4 is 23.8 Å². The Kier molecular flexibility index (Phi) is 49.0. The number of ether oxygens (including phenoxy) is 17. The molecule has 0 aromatic carbocycles. The number of alkyl carbamates (subject to hydrolysis) is 1. The molecule has 0 bridgehead atoms. The van der Waals surface area contributed by atoms with Gasteiger partial charge in [0.05, 0.1) is 90.4 Å². The summed E-state index contributed by atoms with van der Waals surface area (Å²) in [5.41, 5.74) is -0.889. The number of allylic oxidation sites excluding steroid dienone is 1. The monoisotopic (exact) mass is 1950 g/mol. The number of carbonyl (C=O) groups excluding carboxylic acids is 4. The van der Waals surface area contributed by atoms with E-state index in [-0.39, 0.29) is 6.42 Å². The second-order valence-corrected chi connectivity index (χ2v) is 35.1. The molecule has 8 aliphatic heterocycles. The fourth-order valence-electron chi connectivity index (χ4n) is 16.2. The van der Waals surface area contributed by atoms with Gasteiger partial charge >= 0.3 is 6.09 Å². The van der Waals surface area contributed by atoms with Crippen LogP contribution in [0.15, 0.2) is 24.8 Å². The smallest absolute Gasteiger partial charge is 0.408 e. The molecule has 0 aromatic rings. The largest absolute Gasteiger partial charge is 0.444 e. The van der Waals surface area contributed by atoms with Crippen molar-refractivity contribution in [3.05, 3.63) is 24.8 Å². The van der Waals surface area contributed by atoms with Gasteiger partial charge in [-0.25, -0.2) is 4.79 Å². The molecule has 0 radical (unpaired) electrons. The van der Waals surface area contributed by atoms with Gasteiger partial charge in [-0.15, -0.1) is 6.58 Å². The van der Waals surface area contributed by atoms with Gasteiger partial charge in [0.2, 0.25) is 17.7 Å². The molecule has 780 valence electrons. The molecule has 0 spiro atoms. The molecule has 8 aliphatic rings. The summed E-state index contributed by atoms with van der Waals surface area (Å²) in [6.45, 7) is 6.20. The molecule has 0 aliphatic carbocycles. The first-order valence-electron chi connectivity index (χ1n) is 45.2. The van der Waals surface area contributed by atoms with E-state index in [9.17, 15) is 152 Å². The molecule has 51 nitrogen and oxygen atoms in total. The Morgan fingerprint density at radius 2 is 0.642 bits per heavy atom. The maximum absolute atomic E-state index is 12.4. The lowest BCUT2D eigenvalue weighted by atomic mass is 9.95. The highest BCUT2D eigenvalue weighted by atomic mass is 16.8. The van der Waals surface area contributed by atoms with Crippen LogP contribution in [0.5, 0.6) is 0 Å².